The predicted molar refractivity (Wildman–Crippen MR) is 285 cm³/mol. The lowest BCUT2D eigenvalue weighted by Gasteiger charge is -2.31. The Bertz CT molecular complexity index is 2560. The van der Waals surface area contributed by atoms with E-state index in [1.807, 2.05) is 41.5 Å². The topological polar surface area (TPSA) is 282 Å². The molecule has 0 fully saturated rings. The van der Waals surface area contributed by atoms with Gasteiger partial charge in [0, 0.05) is 78.5 Å². The summed E-state index contributed by atoms with van der Waals surface area (Å²) >= 11 is 0. The summed E-state index contributed by atoms with van der Waals surface area (Å²) in [6.45, 7) is 10.2. The largest absolute Gasteiger partial charge is 0.480 e. The molecule has 78 heavy (non-hydrogen) atoms. The minimum absolute atomic E-state index is 0.0688. The first-order valence-corrected chi connectivity index (χ1v) is 25.7. The highest BCUT2D eigenvalue weighted by atomic mass is 16.4. The van der Waals surface area contributed by atoms with Crippen LogP contribution in [-0.4, -0.2) is 150 Å². The van der Waals surface area contributed by atoms with Gasteiger partial charge in [-0.3, -0.25) is 73.1 Å². The summed E-state index contributed by atoms with van der Waals surface area (Å²) in [5.41, 5.74) is 12.3. The Kier molecular flexibility index (Phi) is 19.2. The van der Waals surface area contributed by atoms with Crippen LogP contribution in [-0.2, 0) is 107 Å². The van der Waals surface area contributed by atoms with E-state index in [0.29, 0.717) is 34.2 Å². The van der Waals surface area contributed by atoms with Crippen molar-refractivity contribution in [3.8, 4) is 0 Å². The van der Waals surface area contributed by atoms with Gasteiger partial charge in [-0.05, 0) is 145 Å². The van der Waals surface area contributed by atoms with E-state index < -0.39 is 35.8 Å². The van der Waals surface area contributed by atoms with Gasteiger partial charge in [-0.15, -0.1) is 0 Å². The van der Waals surface area contributed by atoms with Gasteiger partial charge in [0.2, 0.25) is 0 Å². The zero-order valence-corrected chi connectivity index (χ0v) is 45.1. The number of fused-ring (bicyclic) bond motifs is 12. The van der Waals surface area contributed by atoms with Gasteiger partial charge in [0.1, 0.15) is 0 Å². The first kappa shape index (κ1) is 58.2. The van der Waals surface area contributed by atoms with Crippen LogP contribution in [0, 0.1) is 41.5 Å². The van der Waals surface area contributed by atoms with Crippen LogP contribution in [0.15, 0.2) is 54.6 Å². The average molecular weight is 1070 g/mol. The minimum Gasteiger partial charge on any atom is -0.480 e. The molecule has 3 aliphatic rings. The first-order valence-electron chi connectivity index (χ1n) is 25.7. The monoisotopic (exact) mass is 1070 g/mol. The summed E-state index contributed by atoms with van der Waals surface area (Å²) in [5, 5.41) is 62.3. The Morgan fingerprint density at radius 3 is 0.564 bits per heavy atom. The van der Waals surface area contributed by atoms with Crippen LogP contribution in [0.25, 0.3) is 0 Å². The molecule has 0 radical (unpaired) electrons. The molecular weight excluding hydrogens is 1000 g/mol. The Hall–Kier alpha value is -7.53. The number of pyridine rings is 3. The van der Waals surface area contributed by atoms with Crippen LogP contribution in [0.1, 0.15) is 101 Å². The minimum atomic E-state index is -1.09. The van der Waals surface area contributed by atoms with Crippen LogP contribution < -0.4 is 0 Å². The summed E-state index contributed by atoms with van der Waals surface area (Å²) < 4.78 is 0. The van der Waals surface area contributed by atoms with Gasteiger partial charge < -0.3 is 30.6 Å². The van der Waals surface area contributed by atoms with E-state index in [1.54, 1.807) is 84.0 Å². The quantitative estimate of drug-likeness (QED) is 0.0972. The van der Waals surface area contributed by atoms with Crippen molar-refractivity contribution in [2.24, 2.45) is 0 Å². The molecule has 6 heterocycles. The fourth-order valence-electron chi connectivity index (χ4n) is 11.2. The van der Waals surface area contributed by atoms with Gasteiger partial charge in [0.05, 0.1) is 73.4 Å². The van der Waals surface area contributed by atoms with Crippen molar-refractivity contribution < 1.29 is 59.4 Å². The lowest BCUT2D eigenvalue weighted by atomic mass is 9.87. The Balaban J connectivity index is 1.55. The molecule has 0 unspecified atom stereocenters. The van der Waals surface area contributed by atoms with Crippen molar-refractivity contribution in [2.45, 2.75) is 120 Å². The Labute approximate surface area is 453 Å². The van der Waals surface area contributed by atoms with Gasteiger partial charge in [-0.25, -0.2) is 0 Å². The molecule has 3 aromatic heterocycles. The molecule has 12 bridgehead atoms. The number of carboxylic acid groups (broad SMARTS) is 6. The van der Waals surface area contributed by atoms with E-state index in [1.165, 1.54) is 0 Å². The van der Waals surface area contributed by atoms with Gasteiger partial charge in [-0.1, -0.05) is 18.2 Å². The Morgan fingerprint density at radius 1 is 0.295 bits per heavy atom. The SMILES string of the molecule is Cc1c2c(C)c3c(C)c1CN(CC(=O)O)Cc1cccc(n1)CN(CC(=O)O)Cc1c(C)c(c(C)c(c1C)CN(CC(=O)O)Cc1cccc(n1)CN(CC(=O)O)C3)CN(CC(=O)O)Cc1cccc(n1)CN(CC(=O)O)C2. The highest BCUT2D eigenvalue weighted by Crippen LogP contribution is 2.34. The van der Waals surface area contributed by atoms with E-state index in [9.17, 15) is 59.4 Å². The van der Waals surface area contributed by atoms with Crippen LogP contribution in [0.5, 0.6) is 0 Å². The van der Waals surface area contributed by atoms with Crippen molar-refractivity contribution >= 4 is 35.8 Å². The van der Waals surface area contributed by atoms with Gasteiger partial charge >= 0.3 is 35.8 Å². The van der Waals surface area contributed by atoms with Crippen LogP contribution in [0.4, 0.5) is 0 Å². The average Bonchev–Trinajstić information content (AvgIpc) is 3.41. The zero-order valence-electron chi connectivity index (χ0n) is 45.1. The third-order valence-electron chi connectivity index (χ3n) is 14.8. The summed E-state index contributed by atoms with van der Waals surface area (Å²) in [6, 6.07) is 16.0. The first-order chi connectivity index (χ1) is 37.0. The highest BCUT2D eigenvalue weighted by molar-refractivity contribution is 5.71. The van der Waals surface area contributed by atoms with Crippen molar-refractivity contribution in [1.82, 2.24) is 44.4 Å². The van der Waals surface area contributed by atoms with E-state index in [0.717, 1.165) is 66.8 Å². The molecule has 0 atom stereocenters. The number of rotatable bonds is 12. The number of hydrogen-bond donors (Lipinski definition) is 6. The van der Waals surface area contributed by atoms with E-state index in [4.69, 9.17) is 15.0 Å². The van der Waals surface area contributed by atoms with Crippen LogP contribution >= 0.6 is 0 Å². The molecule has 5 aromatic rings. The van der Waals surface area contributed by atoms with Gasteiger partial charge in [0.15, 0.2) is 0 Å². The van der Waals surface area contributed by atoms with E-state index >= 15 is 0 Å². The third-order valence-corrected chi connectivity index (χ3v) is 14.8. The maximum atomic E-state index is 12.7. The number of aliphatic carboxylic acids is 6. The van der Waals surface area contributed by atoms with Crippen LogP contribution in [0.2, 0.25) is 0 Å². The molecule has 0 saturated carbocycles. The van der Waals surface area contributed by atoms with Gasteiger partial charge in [-0.2, -0.15) is 0 Å². The summed E-state index contributed by atoms with van der Waals surface area (Å²) in [4.78, 5) is 102. The normalized spacial score (nSPS) is 16.1. The smallest absolute Gasteiger partial charge is 0.317 e. The molecule has 0 saturated heterocycles. The van der Waals surface area contributed by atoms with E-state index in [-0.39, 0.29) is 118 Å². The lowest BCUT2D eigenvalue weighted by molar-refractivity contribution is -0.139. The van der Waals surface area contributed by atoms with Crippen LogP contribution in [0.3, 0.4) is 0 Å². The molecule has 21 heteroatoms. The molecule has 0 aliphatic carbocycles. The second-order valence-electron chi connectivity index (χ2n) is 20.7. The molecule has 8 rings (SSSR count). The lowest BCUT2D eigenvalue weighted by Crippen LogP contribution is -2.34. The highest BCUT2D eigenvalue weighted by Gasteiger charge is 2.28. The summed E-state index contributed by atoms with van der Waals surface area (Å²) in [7, 11) is 0. The molecule has 0 spiro atoms. The van der Waals surface area contributed by atoms with Crippen molar-refractivity contribution in [2.75, 3.05) is 39.3 Å². The number of carbonyl (C=O) groups is 6. The Morgan fingerprint density at radius 2 is 0.436 bits per heavy atom. The number of hydrogen-bond acceptors (Lipinski definition) is 15. The fraction of sp³-hybridized carbons (Fsp3) is 0.421. The van der Waals surface area contributed by atoms with Crippen molar-refractivity contribution in [3.05, 3.63) is 156 Å². The van der Waals surface area contributed by atoms with E-state index in [2.05, 4.69) is 0 Å². The number of carboxylic acids is 6. The van der Waals surface area contributed by atoms with Crippen molar-refractivity contribution in [3.63, 3.8) is 0 Å². The van der Waals surface area contributed by atoms with Crippen molar-refractivity contribution in [1.29, 1.82) is 0 Å². The number of benzene rings is 2. The molecule has 6 N–H and O–H groups in total. The number of aromatic nitrogens is 3. The molecule has 414 valence electrons. The molecule has 2 aromatic carbocycles. The summed E-state index contributed by atoms with van der Waals surface area (Å²) in [6.07, 6.45) is 0. The maximum absolute atomic E-state index is 12.7. The zero-order chi connectivity index (χ0) is 56.5. The second-order valence-corrected chi connectivity index (χ2v) is 20.7. The molecule has 21 nitrogen and oxygen atoms in total. The van der Waals surface area contributed by atoms with Gasteiger partial charge in [0.25, 0.3) is 0 Å². The second kappa shape index (κ2) is 25.7. The maximum Gasteiger partial charge on any atom is 0.317 e. The molecule has 0 amide bonds. The third kappa shape index (κ3) is 15.4. The fourth-order valence-corrected chi connectivity index (χ4v) is 11.2. The predicted octanol–water partition coefficient (Wildman–Crippen LogP) is 4.87. The standard InChI is InChI=1S/C57H69N9O12/c1-34-46-22-61(28-52(67)68)16-40-10-7-12-43(58-40)19-64(31-55(73)74)25-49-37(4)50-26-65(32-56(75)76)20-44-13-8-11-41(59-44)17-62(29-53(69)70)23-47(34)36(3)48(35(46)2)24-63(30-54(71)72)18-42-14-9-15-45(60-42)21-66(33-57(77)78)27-51(38(49)5)39(50)6/h7-15H,16-33H2,1-6H3,(H,67,68)(H,69,70)(H,71,72)(H,73,74)(H,75,76)(H,77,78). The molecule has 3 aliphatic heterocycles. The summed E-state index contributed by atoms with van der Waals surface area (Å²) in [5.74, 6) is -6.54. The molecular formula is C57H69N9O12. The number of nitrogens with zero attached hydrogens (tertiary/aromatic N) is 9.